The molecule has 2 aromatic rings. The van der Waals surface area contributed by atoms with Gasteiger partial charge in [-0.1, -0.05) is 11.6 Å². The fraction of sp³-hybridized carbons (Fsp3) is 0.545. The van der Waals surface area contributed by atoms with Gasteiger partial charge in [0, 0.05) is 19.1 Å². The quantitative estimate of drug-likeness (QED) is 0.819. The van der Waals surface area contributed by atoms with E-state index in [2.05, 4.69) is 15.1 Å². The second kappa shape index (κ2) is 4.58. The number of fused-ring (bicyclic) bond motifs is 1. The van der Waals surface area contributed by atoms with Crippen LogP contribution in [0.4, 0.5) is 0 Å². The monoisotopic (exact) mass is 252 g/mol. The lowest BCUT2D eigenvalue weighted by Gasteiger charge is -2.21. The second-order valence-electron chi connectivity index (χ2n) is 4.31. The molecule has 1 aliphatic rings. The smallest absolute Gasteiger partial charge is 0.178 e. The summed E-state index contributed by atoms with van der Waals surface area (Å²) in [6, 6.07) is 0. The fourth-order valence-electron chi connectivity index (χ4n) is 2.16. The van der Waals surface area contributed by atoms with Crippen molar-refractivity contribution >= 4 is 22.8 Å². The zero-order valence-electron chi connectivity index (χ0n) is 9.34. The van der Waals surface area contributed by atoms with E-state index in [4.69, 9.17) is 16.3 Å². The van der Waals surface area contributed by atoms with Gasteiger partial charge >= 0.3 is 0 Å². The summed E-state index contributed by atoms with van der Waals surface area (Å²) in [6.45, 7) is 2.50. The summed E-state index contributed by atoms with van der Waals surface area (Å²) in [5.41, 5.74) is 1.54. The fourth-order valence-corrected chi connectivity index (χ4v) is 2.29. The van der Waals surface area contributed by atoms with Crippen LogP contribution in [0.3, 0.4) is 0 Å². The molecule has 0 N–H and O–H groups in total. The number of nitrogens with zero attached hydrogens (tertiary/aromatic N) is 4. The molecule has 1 atom stereocenters. The van der Waals surface area contributed by atoms with E-state index in [1.165, 1.54) is 6.42 Å². The molecule has 0 aliphatic carbocycles. The SMILES string of the molecule is Clc1cnc2cnn(CC3CCCOC3)c2n1. The molecule has 0 amide bonds. The predicted octanol–water partition coefficient (Wildman–Crippen LogP) is 1.91. The molecule has 0 spiro atoms. The number of aromatic nitrogens is 4. The van der Waals surface area contributed by atoms with E-state index >= 15 is 0 Å². The summed E-state index contributed by atoms with van der Waals surface area (Å²) >= 11 is 5.85. The van der Waals surface area contributed by atoms with Crippen LogP contribution in [-0.4, -0.2) is 33.0 Å². The van der Waals surface area contributed by atoms with Gasteiger partial charge in [-0.3, -0.25) is 0 Å². The van der Waals surface area contributed by atoms with Crippen LogP contribution in [0.1, 0.15) is 12.8 Å². The van der Waals surface area contributed by atoms with Crippen LogP contribution in [-0.2, 0) is 11.3 Å². The Balaban J connectivity index is 1.86. The number of hydrogen-bond donors (Lipinski definition) is 0. The molecule has 2 aromatic heterocycles. The zero-order valence-corrected chi connectivity index (χ0v) is 10.1. The van der Waals surface area contributed by atoms with Crippen LogP contribution >= 0.6 is 11.6 Å². The topological polar surface area (TPSA) is 52.8 Å². The molecule has 1 saturated heterocycles. The van der Waals surface area contributed by atoms with E-state index in [1.54, 1.807) is 12.4 Å². The van der Waals surface area contributed by atoms with Gasteiger partial charge in [-0.25, -0.2) is 14.6 Å². The Morgan fingerprint density at radius 3 is 3.24 bits per heavy atom. The van der Waals surface area contributed by atoms with Gasteiger partial charge in [0.1, 0.15) is 10.7 Å². The van der Waals surface area contributed by atoms with E-state index < -0.39 is 0 Å². The number of rotatable bonds is 2. The first-order chi connectivity index (χ1) is 8.33. The van der Waals surface area contributed by atoms with E-state index in [1.807, 2.05) is 4.68 Å². The minimum atomic E-state index is 0.402. The van der Waals surface area contributed by atoms with Crippen LogP contribution in [0.2, 0.25) is 5.15 Å². The van der Waals surface area contributed by atoms with Crippen LogP contribution in [0.25, 0.3) is 11.2 Å². The summed E-state index contributed by atoms with van der Waals surface area (Å²) in [5.74, 6) is 0.507. The Morgan fingerprint density at radius 2 is 2.41 bits per heavy atom. The molecule has 3 rings (SSSR count). The van der Waals surface area contributed by atoms with Gasteiger partial charge in [0.15, 0.2) is 5.65 Å². The lowest BCUT2D eigenvalue weighted by Crippen LogP contribution is -2.22. The summed E-state index contributed by atoms with van der Waals surface area (Å²) in [5, 5.41) is 4.71. The first kappa shape index (κ1) is 10.9. The van der Waals surface area contributed by atoms with Gasteiger partial charge in [-0.15, -0.1) is 0 Å². The molecule has 5 nitrogen and oxygen atoms in total. The standard InChI is InChI=1S/C11H13ClN4O/c12-10-5-13-9-4-14-16(11(9)15-10)6-8-2-1-3-17-7-8/h4-5,8H,1-3,6-7H2. The molecule has 1 aliphatic heterocycles. The summed E-state index contributed by atoms with van der Waals surface area (Å²) < 4.78 is 7.33. The lowest BCUT2D eigenvalue weighted by molar-refractivity contribution is 0.0474. The number of halogens is 1. The number of ether oxygens (including phenoxy) is 1. The summed E-state index contributed by atoms with van der Waals surface area (Å²) in [4.78, 5) is 8.45. The highest BCUT2D eigenvalue weighted by molar-refractivity contribution is 6.29. The molecule has 0 saturated carbocycles. The third kappa shape index (κ3) is 2.25. The highest BCUT2D eigenvalue weighted by Gasteiger charge is 2.16. The number of hydrogen-bond acceptors (Lipinski definition) is 4. The molecular weight excluding hydrogens is 240 g/mol. The summed E-state index contributed by atoms with van der Waals surface area (Å²) in [7, 11) is 0. The average molecular weight is 253 g/mol. The molecule has 0 radical (unpaired) electrons. The van der Waals surface area contributed by atoms with Crippen LogP contribution < -0.4 is 0 Å². The maximum absolute atomic E-state index is 5.85. The molecule has 6 heteroatoms. The van der Waals surface area contributed by atoms with E-state index in [9.17, 15) is 0 Å². The van der Waals surface area contributed by atoms with Gasteiger partial charge in [0.25, 0.3) is 0 Å². The van der Waals surface area contributed by atoms with Crippen LogP contribution in [0.5, 0.6) is 0 Å². The van der Waals surface area contributed by atoms with Crippen LogP contribution in [0.15, 0.2) is 12.4 Å². The zero-order chi connectivity index (χ0) is 11.7. The van der Waals surface area contributed by atoms with Crippen molar-refractivity contribution in [1.82, 2.24) is 19.7 Å². The first-order valence-electron chi connectivity index (χ1n) is 5.75. The molecule has 1 unspecified atom stereocenters. The molecular formula is C11H13ClN4O. The Labute approximate surface area is 104 Å². The molecule has 17 heavy (non-hydrogen) atoms. The Kier molecular flexibility index (Phi) is 2.94. The van der Waals surface area contributed by atoms with Crippen molar-refractivity contribution in [2.45, 2.75) is 19.4 Å². The van der Waals surface area contributed by atoms with Gasteiger partial charge in [0.2, 0.25) is 0 Å². The van der Waals surface area contributed by atoms with E-state index in [0.29, 0.717) is 11.1 Å². The van der Waals surface area contributed by atoms with Crippen molar-refractivity contribution < 1.29 is 4.74 Å². The summed E-state index contributed by atoms with van der Waals surface area (Å²) in [6.07, 6.45) is 5.56. The van der Waals surface area contributed by atoms with Crippen molar-refractivity contribution in [3.8, 4) is 0 Å². The first-order valence-corrected chi connectivity index (χ1v) is 6.12. The van der Waals surface area contributed by atoms with Crippen molar-refractivity contribution in [3.63, 3.8) is 0 Å². The highest BCUT2D eigenvalue weighted by Crippen LogP contribution is 2.18. The molecule has 0 bridgehead atoms. The molecule has 3 heterocycles. The molecule has 90 valence electrons. The molecule has 1 fully saturated rings. The second-order valence-corrected chi connectivity index (χ2v) is 4.70. The van der Waals surface area contributed by atoms with Gasteiger partial charge in [-0.05, 0) is 12.8 Å². The van der Waals surface area contributed by atoms with Crippen molar-refractivity contribution in [3.05, 3.63) is 17.5 Å². The van der Waals surface area contributed by atoms with Gasteiger partial charge < -0.3 is 4.74 Å². The normalized spacial score (nSPS) is 20.9. The van der Waals surface area contributed by atoms with Crippen LogP contribution in [0, 0.1) is 5.92 Å². The van der Waals surface area contributed by atoms with Crippen molar-refractivity contribution in [2.75, 3.05) is 13.2 Å². The van der Waals surface area contributed by atoms with Crippen molar-refractivity contribution in [1.29, 1.82) is 0 Å². The predicted molar refractivity (Wildman–Crippen MR) is 63.9 cm³/mol. The Bertz CT molecular complexity index is 521. The van der Waals surface area contributed by atoms with Gasteiger partial charge in [-0.2, -0.15) is 5.10 Å². The minimum Gasteiger partial charge on any atom is -0.381 e. The van der Waals surface area contributed by atoms with Crippen molar-refractivity contribution in [2.24, 2.45) is 5.92 Å². The average Bonchev–Trinajstić information content (AvgIpc) is 2.73. The third-order valence-corrected chi connectivity index (χ3v) is 3.18. The van der Waals surface area contributed by atoms with Gasteiger partial charge in [0.05, 0.1) is 19.0 Å². The largest absolute Gasteiger partial charge is 0.381 e. The minimum absolute atomic E-state index is 0.402. The Hall–Kier alpha value is -1.20. The van der Waals surface area contributed by atoms with E-state index in [-0.39, 0.29) is 0 Å². The Morgan fingerprint density at radius 1 is 1.47 bits per heavy atom. The maximum atomic E-state index is 5.85. The van der Waals surface area contributed by atoms with E-state index in [0.717, 1.165) is 37.3 Å². The third-order valence-electron chi connectivity index (χ3n) is 3.00. The molecule has 0 aromatic carbocycles. The maximum Gasteiger partial charge on any atom is 0.178 e. The lowest BCUT2D eigenvalue weighted by atomic mass is 10.0. The highest BCUT2D eigenvalue weighted by atomic mass is 35.5.